The summed E-state index contributed by atoms with van der Waals surface area (Å²) in [4.78, 5) is 6.60. The molecule has 0 aromatic carbocycles. The molecule has 1 aliphatic heterocycles. The predicted molar refractivity (Wildman–Crippen MR) is 63.4 cm³/mol. The summed E-state index contributed by atoms with van der Waals surface area (Å²) >= 11 is 0. The van der Waals surface area contributed by atoms with Gasteiger partial charge in [0.25, 0.3) is 0 Å². The van der Waals surface area contributed by atoms with E-state index in [0.717, 1.165) is 31.8 Å². The van der Waals surface area contributed by atoms with Crippen molar-refractivity contribution in [2.75, 3.05) is 6.54 Å². The highest BCUT2D eigenvalue weighted by molar-refractivity contribution is 4.87. The van der Waals surface area contributed by atoms with Crippen molar-refractivity contribution < 1.29 is 9.63 Å². The minimum absolute atomic E-state index is 0.243. The number of aromatic nitrogens is 2. The van der Waals surface area contributed by atoms with E-state index in [0.29, 0.717) is 11.9 Å². The lowest BCUT2D eigenvalue weighted by Gasteiger charge is -2.35. The Kier molecular flexibility index (Phi) is 4.12. The van der Waals surface area contributed by atoms with Crippen LogP contribution in [-0.4, -0.2) is 38.8 Å². The topological polar surface area (TPSA) is 62.4 Å². The van der Waals surface area contributed by atoms with Crippen molar-refractivity contribution >= 4 is 0 Å². The molecular formula is C12H21N3O2. The molecule has 2 rings (SSSR count). The van der Waals surface area contributed by atoms with E-state index < -0.39 is 0 Å². The van der Waals surface area contributed by atoms with E-state index in [1.165, 1.54) is 12.8 Å². The fourth-order valence-corrected chi connectivity index (χ4v) is 2.52. The van der Waals surface area contributed by atoms with E-state index in [2.05, 4.69) is 15.0 Å². The molecule has 0 amide bonds. The van der Waals surface area contributed by atoms with E-state index in [9.17, 15) is 5.11 Å². The summed E-state index contributed by atoms with van der Waals surface area (Å²) in [6, 6.07) is 0.447. The summed E-state index contributed by atoms with van der Waals surface area (Å²) in [5.41, 5.74) is 0. The Balaban J connectivity index is 1.96. The Labute approximate surface area is 102 Å². The molecule has 2 unspecified atom stereocenters. The fourth-order valence-electron chi connectivity index (χ4n) is 2.52. The molecule has 0 saturated carbocycles. The number of hydrogen-bond acceptors (Lipinski definition) is 5. The molecule has 1 aromatic heterocycles. The van der Waals surface area contributed by atoms with Gasteiger partial charge in [0.05, 0.1) is 12.6 Å². The largest absolute Gasteiger partial charge is 0.393 e. The zero-order chi connectivity index (χ0) is 12.3. The number of hydrogen-bond donors (Lipinski definition) is 1. The van der Waals surface area contributed by atoms with E-state index in [-0.39, 0.29) is 6.10 Å². The van der Waals surface area contributed by atoms with Crippen molar-refractivity contribution in [1.29, 1.82) is 0 Å². The molecule has 2 atom stereocenters. The third kappa shape index (κ3) is 3.51. The normalized spacial score (nSPS) is 23.8. The van der Waals surface area contributed by atoms with E-state index >= 15 is 0 Å². The monoisotopic (exact) mass is 239 g/mol. The molecule has 17 heavy (non-hydrogen) atoms. The highest BCUT2D eigenvalue weighted by Crippen LogP contribution is 2.22. The third-order valence-corrected chi connectivity index (χ3v) is 3.28. The van der Waals surface area contributed by atoms with E-state index in [1.54, 1.807) is 6.92 Å². The minimum atomic E-state index is -0.243. The Morgan fingerprint density at radius 2 is 2.35 bits per heavy atom. The number of rotatable bonds is 4. The SMILES string of the molecule is Cc1nc(CN2CCCCC2CC(C)O)no1. The first kappa shape index (κ1) is 12.5. The molecule has 1 N–H and O–H groups in total. The number of aliphatic hydroxyl groups excluding tert-OH is 1. The highest BCUT2D eigenvalue weighted by atomic mass is 16.5. The van der Waals surface area contributed by atoms with Gasteiger partial charge in [0.1, 0.15) is 0 Å². The maximum atomic E-state index is 9.52. The molecule has 0 bridgehead atoms. The van der Waals surface area contributed by atoms with Crippen LogP contribution in [0.25, 0.3) is 0 Å². The Morgan fingerprint density at radius 3 is 3.00 bits per heavy atom. The summed E-state index contributed by atoms with van der Waals surface area (Å²) in [6.45, 7) is 5.45. The van der Waals surface area contributed by atoms with Crippen LogP contribution >= 0.6 is 0 Å². The molecule has 2 heterocycles. The van der Waals surface area contributed by atoms with Crippen LogP contribution < -0.4 is 0 Å². The second-order valence-corrected chi connectivity index (χ2v) is 4.93. The second-order valence-electron chi connectivity index (χ2n) is 4.93. The smallest absolute Gasteiger partial charge is 0.223 e. The molecule has 0 aliphatic carbocycles. The number of aryl methyl sites for hydroxylation is 1. The standard InChI is InChI=1S/C12H21N3O2/c1-9(16)7-11-5-3-4-6-15(11)8-12-13-10(2)17-14-12/h9,11,16H,3-8H2,1-2H3. The zero-order valence-electron chi connectivity index (χ0n) is 10.6. The molecule has 1 aliphatic rings. The first-order valence-corrected chi connectivity index (χ1v) is 6.36. The summed E-state index contributed by atoms with van der Waals surface area (Å²) in [5.74, 6) is 1.36. The number of aliphatic hydroxyl groups is 1. The first-order chi connectivity index (χ1) is 8.15. The van der Waals surface area contributed by atoms with Crippen LogP contribution in [0.1, 0.15) is 44.3 Å². The highest BCUT2D eigenvalue weighted by Gasteiger charge is 2.24. The van der Waals surface area contributed by atoms with Gasteiger partial charge in [-0.3, -0.25) is 4.90 Å². The van der Waals surface area contributed by atoms with Crippen molar-refractivity contribution in [1.82, 2.24) is 15.0 Å². The van der Waals surface area contributed by atoms with Crippen molar-refractivity contribution in [3.63, 3.8) is 0 Å². The number of piperidine rings is 1. The second kappa shape index (κ2) is 5.60. The van der Waals surface area contributed by atoms with Crippen LogP contribution in [0.5, 0.6) is 0 Å². The van der Waals surface area contributed by atoms with Crippen LogP contribution in [-0.2, 0) is 6.54 Å². The predicted octanol–water partition coefficient (Wildman–Crippen LogP) is 1.50. The molecule has 96 valence electrons. The van der Waals surface area contributed by atoms with Gasteiger partial charge >= 0.3 is 0 Å². The van der Waals surface area contributed by atoms with Crippen molar-refractivity contribution in [3.05, 3.63) is 11.7 Å². The maximum Gasteiger partial charge on any atom is 0.223 e. The average Bonchev–Trinajstić information content (AvgIpc) is 2.66. The van der Waals surface area contributed by atoms with Crippen LogP contribution in [0.3, 0.4) is 0 Å². The lowest BCUT2D eigenvalue weighted by atomic mass is 9.97. The molecule has 0 radical (unpaired) electrons. The molecule has 1 fully saturated rings. The Morgan fingerprint density at radius 1 is 1.53 bits per heavy atom. The molecule has 0 spiro atoms. The van der Waals surface area contributed by atoms with Crippen LogP contribution in [0.15, 0.2) is 4.52 Å². The van der Waals surface area contributed by atoms with Gasteiger partial charge in [0.2, 0.25) is 5.89 Å². The maximum absolute atomic E-state index is 9.52. The summed E-state index contributed by atoms with van der Waals surface area (Å²) in [6.07, 6.45) is 4.21. The number of likely N-dealkylation sites (tertiary alicyclic amines) is 1. The minimum Gasteiger partial charge on any atom is -0.393 e. The summed E-state index contributed by atoms with van der Waals surface area (Å²) in [5, 5.41) is 13.4. The molecule has 1 aromatic rings. The lowest BCUT2D eigenvalue weighted by molar-refractivity contribution is 0.0794. The third-order valence-electron chi connectivity index (χ3n) is 3.28. The molecular weight excluding hydrogens is 218 g/mol. The first-order valence-electron chi connectivity index (χ1n) is 6.36. The van der Waals surface area contributed by atoms with Crippen molar-refractivity contribution in [2.24, 2.45) is 0 Å². The molecule has 1 saturated heterocycles. The van der Waals surface area contributed by atoms with Crippen LogP contribution in [0.4, 0.5) is 0 Å². The van der Waals surface area contributed by atoms with Gasteiger partial charge in [-0.05, 0) is 32.7 Å². The van der Waals surface area contributed by atoms with Crippen molar-refractivity contribution in [3.8, 4) is 0 Å². The Hall–Kier alpha value is -0.940. The van der Waals surface area contributed by atoms with E-state index in [1.807, 2.05) is 6.92 Å². The molecule has 5 heteroatoms. The average molecular weight is 239 g/mol. The van der Waals surface area contributed by atoms with Gasteiger partial charge in [-0.15, -0.1) is 0 Å². The molecule has 5 nitrogen and oxygen atoms in total. The van der Waals surface area contributed by atoms with Gasteiger partial charge in [-0.25, -0.2) is 0 Å². The van der Waals surface area contributed by atoms with Crippen LogP contribution in [0.2, 0.25) is 0 Å². The number of nitrogens with zero attached hydrogens (tertiary/aromatic N) is 3. The van der Waals surface area contributed by atoms with E-state index in [4.69, 9.17) is 4.52 Å². The van der Waals surface area contributed by atoms with Gasteiger partial charge in [0, 0.05) is 13.0 Å². The zero-order valence-corrected chi connectivity index (χ0v) is 10.6. The summed E-state index contributed by atoms with van der Waals surface area (Å²) < 4.78 is 4.99. The van der Waals surface area contributed by atoms with Crippen LogP contribution in [0, 0.1) is 6.92 Å². The quantitative estimate of drug-likeness (QED) is 0.862. The van der Waals surface area contributed by atoms with Gasteiger partial charge < -0.3 is 9.63 Å². The van der Waals surface area contributed by atoms with Crippen molar-refractivity contribution in [2.45, 2.75) is 58.2 Å². The lowest BCUT2D eigenvalue weighted by Crippen LogP contribution is -2.40. The Bertz CT molecular complexity index is 351. The fraction of sp³-hybridized carbons (Fsp3) is 0.833. The van der Waals surface area contributed by atoms with Gasteiger partial charge in [-0.1, -0.05) is 11.6 Å². The van der Waals surface area contributed by atoms with Gasteiger partial charge in [0.15, 0.2) is 5.82 Å². The summed E-state index contributed by atoms with van der Waals surface area (Å²) in [7, 11) is 0. The van der Waals surface area contributed by atoms with Gasteiger partial charge in [-0.2, -0.15) is 4.98 Å².